The van der Waals surface area contributed by atoms with Crippen LogP contribution in [0.25, 0.3) is 16.6 Å². The third-order valence-corrected chi connectivity index (χ3v) is 6.55. The summed E-state index contributed by atoms with van der Waals surface area (Å²) >= 11 is 0. The summed E-state index contributed by atoms with van der Waals surface area (Å²) in [7, 11) is 0. The summed E-state index contributed by atoms with van der Waals surface area (Å²) in [6, 6.07) is 19.3. The smallest absolute Gasteiger partial charge is 0.251 e. The fraction of sp³-hybridized carbons (Fsp3) is 0.172. The van der Waals surface area contributed by atoms with Crippen LogP contribution in [-0.4, -0.2) is 25.7 Å². The van der Waals surface area contributed by atoms with E-state index < -0.39 is 0 Å². The Kier molecular flexibility index (Phi) is 5.65. The number of nitrogens with zero attached hydrogens (tertiary/aromatic N) is 4. The standard InChI is InChI=1S/C29H25N5O2.H2/c1-19-23(29(35)32-18-20-9-13-30-14-10-20)3-2-4-27(19)36-28-12-15-31-25-17-22(7-8-24(25)28)34-26(11-16-33-34)21-5-6-21;/h2-4,7-17,21H,5-6,18H2,1H3,(H,32,35);1H. The molecule has 7 heteroatoms. The molecule has 5 aromatic rings. The topological polar surface area (TPSA) is 81.9 Å². The van der Waals surface area contributed by atoms with E-state index in [1.165, 1.54) is 18.5 Å². The van der Waals surface area contributed by atoms with Gasteiger partial charge in [0.25, 0.3) is 5.91 Å². The molecule has 2 aromatic carbocycles. The average molecular weight is 478 g/mol. The highest BCUT2D eigenvalue weighted by Crippen LogP contribution is 2.41. The van der Waals surface area contributed by atoms with Gasteiger partial charge in [0, 0.05) is 60.9 Å². The molecule has 3 heterocycles. The Bertz CT molecular complexity index is 1560. The van der Waals surface area contributed by atoms with E-state index in [-0.39, 0.29) is 7.33 Å². The van der Waals surface area contributed by atoms with E-state index in [0.717, 1.165) is 27.7 Å². The lowest BCUT2D eigenvalue weighted by molar-refractivity contribution is 0.0950. The van der Waals surface area contributed by atoms with Gasteiger partial charge in [-0.25, -0.2) is 4.68 Å². The second-order valence-corrected chi connectivity index (χ2v) is 9.02. The molecule has 3 aromatic heterocycles. The van der Waals surface area contributed by atoms with Crippen LogP contribution in [0.3, 0.4) is 0 Å². The first-order chi connectivity index (χ1) is 17.7. The molecule has 0 saturated heterocycles. The van der Waals surface area contributed by atoms with Crippen LogP contribution in [0.4, 0.5) is 0 Å². The van der Waals surface area contributed by atoms with E-state index in [1.807, 2.05) is 72.4 Å². The molecular weight excluding hydrogens is 450 g/mol. The molecule has 0 unspecified atom stereocenters. The predicted octanol–water partition coefficient (Wildman–Crippen LogP) is 5.97. The molecule has 0 bridgehead atoms. The van der Waals surface area contributed by atoms with Crippen LogP contribution in [0.2, 0.25) is 0 Å². The zero-order valence-electron chi connectivity index (χ0n) is 19.9. The highest BCUT2D eigenvalue weighted by Gasteiger charge is 2.27. The molecule has 1 fully saturated rings. The summed E-state index contributed by atoms with van der Waals surface area (Å²) in [5, 5.41) is 8.40. The number of hydrogen-bond donors (Lipinski definition) is 1. The Morgan fingerprint density at radius 1 is 1.03 bits per heavy atom. The first-order valence-electron chi connectivity index (χ1n) is 12.0. The molecular formula is C29H27N5O2. The number of benzene rings is 2. The first-order valence-corrected chi connectivity index (χ1v) is 12.0. The maximum atomic E-state index is 12.9. The van der Waals surface area contributed by atoms with Crippen LogP contribution in [0.15, 0.2) is 85.5 Å². The zero-order valence-corrected chi connectivity index (χ0v) is 19.9. The lowest BCUT2D eigenvalue weighted by atomic mass is 10.1. The highest BCUT2D eigenvalue weighted by molar-refractivity contribution is 5.96. The number of rotatable bonds is 7. The largest absolute Gasteiger partial charge is 0.456 e. The van der Waals surface area contributed by atoms with Crippen LogP contribution in [-0.2, 0) is 6.54 Å². The molecule has 1 amide bonds. The van der Waals surface area contributed by atoms with Crippen LogP contribution in [0.5, 0.6) is 11.5 Å². The second kappa shape index (κ2) is 9.26. The van der Waals surface area contributed by atoms with Crippen LogP contribution in [0.1, 0.15) is 47.4 Å². The number of aromatic nitrogens is 4. The normalized spacial score (nSPS) is 13.0. The van der Waals surface area contributed by atoms with Gasteiger partial charge in [-0.3, -0.25) is 14.8 Å². The molecule has 0 atom stereocenters. The van der Waals surface area contributed by atoms with E-state index in [1.54, 1.807) is 18.6 Å². The van der Waals surface area contributed by atoms with Crippen molar-refractivity contribution in [2.45, 2.75) is 32.2 Å². The van der Waals surface area contributed by atoms with Crippen molar-refractivity contribution in [3.8, 4) is 17.2 Å². The van der Waals surface area contributed by atoms with Crippen LogP contribution in [0, 0.1) is 6.92 Å². The SMILES string of the molecule is Cc1c(Oc2ccnc3cc(-n4nccc4C4CC4)ccc23)cccc1C(=O)NCc1ccncc1.[HH]. The third-order valence-electron chi connectivity index (χ3n) is 6.55. The first kappa shape index (κ1) is 22.0. The minimum absolute atomic E-state index is 0. The molecule has 0 radical (unpaired) electrons. The Labute approximate surface area is 210 Å². The minimum atomic E-state index is -0.148. The van der Waals surface area contributed by atoms with Crippen molar-refractivity contribution in [1.29, 1.82) is 0 Å². The molecule has 1 aliphatic rings. The van der Waals surface area contributed by atoms with Crippen molar-refractivity contribution < 1.29 is 11.0 Å². The molecule has 1 aliphatic carbocycles. The van der Waals surface area contributed by atoms with Gasteiger partial charge >= 0.3 is 0 Å². The van der Waals surface area contributed by atoms with E-state index in [0.29, 0.717) is 29.5 Å². The summed E-state index contributed by atoms with van der Waals surface area (Å²) in [4.78, 5) is 21.5. The van der Waals surface area contributed by atoms with Crippen molar-refractivity contribution in [3.05, 3.63) is 108 Å². The summed E-state index contributed by atoms with van der Waals surface area (Å²) in [5.41, 5.74) is 5.40. The number of nitrogens with one attached hydrogen (secondary N) is 1. The summed E-state index contributed by atoms with van der Waals surface area (Å²) < 4.78 is 8.33. The summed E-state index contributed by atoms with van der Waals surface area (Å²) in [5.74, 6) is 1.77. The Morgan fingerprint density at radius 2 is 1.89 bits per heavy atom. The predicted molar refractivity (Wildman–Crippen MR) is 140 cm³/mol. The molecule has 7 nitrogen and oxygen atoms in total. The van der Waals surface area contributed by atoms with Gasteiger partial charge in [-0.15, -0.1) is 0 Å². The Hall–Kier alpha value is -4.52. The van der Waals surface area contributed by atoms with Gasteiger partial charge in [0.2, 0.25) is 0 Å². The molecule has 36 heavy (non-hydrogen) atoms. The van der Waals surface area contributed by atoms with Crippen molar-refractivity contribution in [3.63, 3.8) is 0 Å². The van der Waals surface area contributed by atoms with Gasteiger partial charge < -0.3 is 10.1 Å². The van der Waals surface area contributed by atoms with Crippen molar-refractivity contribution in [2.75, 3.05) is 0 Å². The lowest BCUT2D eigenvalue weighted by Crippen LogP contribution is -2.23. The Morgan fingerprint density at radius 3 is 2.72 bits per heavy atom. The van der Waals surface area contributed by atoms with Gasteiger partial charge in [0.1, 0.15) is 11.5 Å². The number of ether oxygens (including phenoxy) is 1. The van der Waals surface area contributed by atoms with E-state index in [4.69, 9.17) is 4.74 Å². The van der Waals surface area contributed by atoms with E-state index >= 15 is 0 Å². The number of carbonyl (C=O) groups is 1. The van der Waals surface area contributed by atoms with Gasteiger partial charge in [0.05, 0.1) is 11.2 Å². The van der Waals surface area contributed by atoms with E-state index in [2.05, 4.69) is 26.4 Å². The maximum absolute atomic E-state index is 12.9. The maximum Gasteiger partial charge on any atom is 0.251 e. The number of fused-ring (bicyclic) bond motifs is 1. The van der Waals surface area contributed by atoms with Crippen molar-refractivity contribution in [1.82, 2.24) is 25.1 Å². The molecule has 180 valence electrons. The quantitative estimate of drug-likeness (QED) is 0.312. The number of pyridine rings is 2. The molecule has 1 N–H and O–H groups in total. The second-order valence-electron chi connectivity index (χ2n) is 9.02. The molecule has 0 spiro atoms. The van der Waals surface area contributed by atoms with Crippen LogP contribution < -0.4 is 10.1 Å². The van der Waals surface area contributed by atoms with Crippen molar-refractivity contribution in [2.24, 2.45) is 0 Å². The average Bonchev–Trinajstić information content (AvgIpc) is 3.64. The molecule has 0 aliphatic heterocycles. The van der Waals surface area contributed by atoms with Gasteiger partial charge in [0.15, 0.2) is 0 Å². The fourth-order valence-electron chi connectivity index (χ4n) is 4.42. The van der Waals surface area contributed by atoms with E-state index in [9.17, 15) is 4.79 Å². The zero-order chi connectivity index (χ0) is 24.5. The van der Waals surface area contributed by atoms with Crippen LogP contribution >= 0.6 is 0 Å². The number of carbonyl (C=O) groups excluding carboxylic acids is 1. The van der Waals surface area contributed by atoms with Gasteiger partial charge in [-0.1, -0.05) is 6.07 Å². The third kappa shape index (κ3) is 4.31. The van der Waals surface area contributed by atoms with Gasteiger partial charge in [-0.05, 0) is 79.9 Å². The molecule has 1 saturated carbocycles. The van der Waals surface area contributed by atoms with Gasteiger partial charge in [-0.2, -0.15) is 5.10 Å². The number of amides is 1. The summed E-state index contributed by atoms with van der Waals surface area (Å²) in [6.07, 6.45) is 9.46. The lowest BCUT2D eigenvalue weighted by Gasteiger charge is -2.14. The molecule has 6 rings (SSSR count). The Balaban J connectivity index is 0.00000280. The monoisotopic (exact) mass is 477 g/mol. The summed E-state index contributed by atoms with van der Waals surface area (Å²) in [6.45, 7) is 2.33. The minimum Gasteiger partial charge on any atom is -0.456 e. The number of hydrogen-bond acceptors (Lipinski definition) is 5. The van der Waals surface area contributed by atoms with Crippen molar-refractivity contribution >= 4 is 16.8 Å². The highest BCUT2D eigenvalue weighted by atomic mass is 16.5. The fourth-order valence-corrected chi connectivity index (χ4v) is 4.42.